The van der Waals surface area contributed by atoms with Gasteiger partial charge in [0.05, 0.1) is 16.5 Å². The number of hydrogen-bond acceptors (Lipinski definition) is 7. The van der Waals surface area contributed by atoms with Crippen molar-refractivity contribution < 1.29 is 17.9 Å². The second-order valence-electron chi connectivity index (χ2n) is 9.55. The summed E-state index contributed by atoms with van der Waals surface area (Å²) in [6.07, 6.45) is 3.55. The molecule has 0 aliphatic heterocycles. The molecule has 0 radical (unpaired) electrons. The van der Waals surface area contributed by atoms with E-state index in [1.807, 2.05) is 45.9 Å². The van der Waals surface area contributed by atoms with Crippen LogP contribution in [0.1, 0.15) is 27.7 Å². The van der Waals surface area contributed by atoms with E-state index in [9.17, 15) is 13.2 Å². The lowest BCUT2D eigenvalue weighted by Crippen LogP contribution is -2.29. The molecule has 1 atom stereocenters. The number of rotatable bonds is 7. The number of nitrogens with one attached hydrogen (secondary N) is 2. The topological polar surface area (TPSA) is 121 Å². The summed E-state index contributed by atoms with van der Waals surface area (Å²) in [7, 11) is -3.94. The quantitative estimate of drug-likeness (QED) is 0.0902. The van der Waals surface area contributed by atoms with Gasteiger partial charge >= 0.3 is 5.97 Å². The maximum absolute atomic E-state index is 13.2. The van der Waals surface area contributed by atoms with Gasteiger partial charge in [-0.1, -0.05) is 75.9 Å². The summed E-state index contributed by atoms with van der Waals surface area (Å²) in [6.45, 7) is 7.77. The van der Waals surface area contributed by atoms with Crippen molar-refractivity contribution in [3.63, 3.8) is 0 Å². The minimum atomic E-state index is -3.94. The van der Waals surface area contributed by atoms with Crippen LogP contribution in [0.2, 0.25) is 0 Å². The lowest BCUT2D eigenvalue weighted by atomic mass is 9.82. The van der Waals surface area contributed by atoms with E-state index in [4.69, 9.17) is 10.00 Å². The van der Waals surface area contributed by atoms with Gasteiger partial charge in [-0.2, -0.15) is 5.26 Å². The summed E-state index contributed by atoms with van der Waals surface area (Å²) in [5, 5.41) is 11.6. The fourth-order valence-corrected chi connectivity index (χ4v) is 4.75. The zero-order chi connectivity index (χ0) is 27.9. The molecule has 0 aliphatic rings. The first-order chi connectivity index (χ1) is 17.9. The monoisotopic (exact) mass is 550 g/mol. The van der Waals surface area contributed by atoms with Crippen molar-refractivity contribution in [3.05, 3.63) is 72.8 Å². The Hall–Kier alpha value is -3.81. The number of anilines is 1. The zero-order valence-corrected chi connectivity index (χ0v) is 23.5. The third-order valence-corrected chi connectivity index (χ3v) is 7.85. The molecule has 198 valence electrons. The highest BCUT2D eigenvalue weighted by atomic mass is 32.2. The number of ether oxygens (including phenoxy) is 1. The van der Waals surface area contributed by atoms with Gasteiger partial charge in [-0.3, -0.25) is 14.8 Å². The molecule has 0 amide bonds. The second kappa shape index (κ2) is 12.2. The van der Waals surface area contributed by atoms with Crippen LogP contribution in [0, 0.1) is 22.8 Å². The normalized spacial score (nSPS) is 12.8. The summed E-state index contributed by atoms with van der Waals surface area (Å²) >= 11 is 1.23. The molecule has 2 N–H and O–H groups in total. The van der Waals surface area contributed by atoms with E-state index in [0.717, 1.165) is 0 Å². The van der Waals surface area contributed by atoms with Gasteiger partial charge in [0.2, 0.25) is 0 Å². The fourth-order valence-electron chi connectivity index (χ4n) is 3.32. The second-order valence-corrected chi connectivity index (χ2v) is 12.0. The van der Waals surface area contributed by atoms with E-state index < -0.39 is 10.0 Å². The molecule has 0 aliphatic carbocycles. The first-order valence-electron chi connectivity index (χ1n) is 11.8. The van der Waals surface area contributed by atoms with Crippen molar-refractivity contribution in [2.45, 2.75) is 32.6 Å². The largest absolute Gasteiger partial charge is 0.426 e. The predicted octanol–water partition coefficient (Wildman–Crippen LogP) is 6.16. The van der Waals surface area contributed by atoms with Crippen molar-refractivity contribution in [3.8, 4) is 23.1 Å². The van der Waals surface area contributed by atoms with Crippen LogP contribution in [-0.2, 0) is 14.8 Å². The summed E-state index contributed by atoms with van der Waals surface area (Å²) in [5.74, 6) is -0.259. The Morgan fingerprint density at radius 1 is 1.05 bits per heavy atom. The number of benzene rings is 3. The van der Waals surface area contributed by atoms with E-state index in [0.29, 0.717) is 33.4 Å². The molecule has 0 heterocycles. The van der Waals surface area contributed by atoms with Crippen LogP contribution in [0.5, 0.6) is 5.75 Å². The summed E-state index contributed by atoms with van der Waals surface area (Å²) in [5.41, 5.74) is 1.82. The molecule has 3 aromatic rings. The Morgan fingerprint density at radius 2 is 1.76 bits per heavy atom. The minimum Gasteiger partial charge on any atom is -0.426 e. The van der Waals surface area contributed by atoms with Gasteiger partial charge < -0.3 is 4.74 Å². The number of thioether (sulfide) groups is 1. The Balaban J connectivity index is 1.88. The molecule has 0 bridgehead atoms. The molecule has 0 fully saturated rings. The van der Waals surface area contributed by atoms with Crippen LogP contribution in [0.4, 0.5) is 11.4 Å². The number of carbonyl (C=O) groups excluding carboxylic acids is 1. The number of para-hydroxylation sites is 1. The van der Waals surface area contributed by atoms with E-state index in [1.165, 1.54) is 23.9 Å². The molecule has 1 unspecified atom stereocenters. The van der Waals surface area contributed by atoms with Gasteiger partial charge in [-0.05, 0) is 53.6 Å². The Morgan fingerprint density at radius 3 is 2.45 bits per heavy atom. The van der Waals surface area contributed by atoms with Crippen molar-refractivity contribution in [2.75, 3.05) is 11.0 Å². The average molecular weight is 551 g/mol. The Labute approximate surface area is 228 Å². The highest BCUT2D eigenvalue weighted by Gasteiger charge is 2.29. The lowest BCUT2D eigenvalue weighted by molar-refractivity contribution is -0.141. The number of aliphatic imine (C=N–C) groups is 1. The van der Waals surface area contributed by atoms with Gasteiger partial charge in [0, 0.05) is 11.3 Å². The van der Waals surface area contributed by atoms with Crippen molar-refractivity contribution in [1.29, 1.82) is 5.26 Å². The molecule has 0 saturated carbocycles. The molecule has 38 heavy (non-hydrogen) atoms. The highest BCUT2D eigenvalue weighted by molar-refractivity contribution is 8.13. The molecule has 0 aromatic heterocycles. The van der Waals surface area contributed by atoms with Crippen LogP contribution >= 0.6 is 11.8 Å². The first kappa shape index (κ1) is 28.8. The van der Waals surface area contributed by atoms with Crippen LogP contribution < -0.4 is 14.8 Å². The minimum absolute atomic E-state index is 0.0204. The number of nitrogens with zero attached hydrogens (tertiary/aromatic N) is 2. The predicted molar refractivity (Wildman–Crippen MR) is 153 cm³/mol. The fraction of sp³-hybridized carbons (Fsp3) is 0.250. The molecular weight excluding hydrogens is 520 g/mol. The van der Waals surface area contributed by atoms with Crippen LogP contribution in [-0.4, -0.2) is 25.8 Å². The van der Waals surface area contributed by atoms with E-state index in [2.05, 4.69) is 15.0 Å². The number of nitriles is 1. The maximum atomic E-state index is 13.2. The third-order valence-electron chi connectivity index (χ3n) is 5.89. The van der Waals surface area contributed by atoms with Crippen LogP contribution in [0.3, 0.4) is 0 Å². The number of amidine groups is 1. The van der Waals surface area contributed by atoms with Gasteiger partial charge in [0.1, 0.15) is 5.75 Å². The van der Waals surface area contributed by atoms with Gasteiger partial charge in [0.25, 0.3) is 10.0 Å². The van der Waals surface area contributed by atoms with Crippen molar-refractivity contribution >= 4 is 44.3 Å². The first-order valence-corrected chi connectivity index (χ1v) is 14.5. The summed E-state index contributed by atoms with van der Waals surface area (Å²) < 4.78 is 34.7. The zero-order valence-electron chi connectivity index (χ0n) is 21.8. The van der Waals surface area contributed by atoms with Gasteiger partial charge in [-0.15, -0.1) is 0 Å². The maximum Gasteiger partial charge on any atom is 0.314 e. The van der Waals surface area contributed by atoms with E-state index in [-0.39, 0.29) is 22.2 Å². The number of carbonyl (C=O) groups is 1. The molecule has 3 aromatic carbocycles. The number of esters is 1. The standard InChI is InChI=1S/C28H30N4O4S2/c1-19(28(2,3)4)26(33)36-25-15-7-6-14-24(25)20-10-8-12-22(16-20)32-38(34,35)23-13-9-11-21(17-23)31-27(37-5)30-18-29/h6-17,19,32H,1-5H3,(H,30,31). The molecule has 8 nitrogen and oxygen atoms in total. The number of hydrogen-bond donors (Lipinski definition) is 2. The lowest BCUT2D eigenvalue weighted by Gasteiger charge is -2.25. The third kappa shape index (κ3) is 7.37. The van der Waals surface area contributed by atoms with E-state index >= 15 is 0 Å². The van der Waals surface area contributed by atoms with Gasteiger partial charge in [0.15, 0.2) is 11.4 Å². The Kier molecular flexibility index (Phi) is 9.20. The Bertz CT molecular complexity index is 1490. The smallest absolute Gasteiger partial charge is 0.314 e. The van der Waals surface area contributed by atoms with Crippen LogP contribution in [0.25, 0.3) is 11.1 Å². The molecule has 3 rings (SSSR count). The summed E-state index contributed by atoms with van der Waals surface area (Å²) in [6, 6.07) is 20.1. The van der Waals surface area contributed by atoms with Gasteiger partial charge in [-0.25, -0.2) is 13.4 Å². The molecular formula is C28H30N4O4S2. The summed E-state index contributed by atoms with van der Waals surface area (Å²) in [4.78, 5) is 17.1. The van der Waals surface area contributed by atoms with Crippen molar-refractivity contribution in [2.24, 2.45) is 16.3 Å². The molecule has 10 heteroatoms. The molecule has 0 spiro atoms. The highest BCUT2D eigenvalue weighted by Crippen LogP contribution is 2.34. The van der Waals surface area contributed by atoms with Crippen LogP contribution in [0.15, 0.2) is 82.7 Å². The number of sulfonamides is 1. The van der Waals surface area contributed by atoms with E-state index in [1.54, 1.807) is 54.9 Å². The SMILES string of the molecule is CSC(=Nc1cccc(S(=O)(=O)Nc2cccc(-c3ccccc3OC(=O)C(C)C(C)(C)C)c2)c1)NC#N. The van der Waals surface area contributed by atoms with Crippen molar-refractivity contribution in [1.82, 2.24) is 5.32 Å². The molecule has 0 saturated heterocycles. The average Bonchev–Trinajstić information content (AvgIpc) is 2.87.